The molecule has 0 aliphatic carbocycles. The van der Waals surface area contributed by atoms with Crippen LogP contribution >= 0.6 is 11.6 Å². The first-order valence-electron chi connectivity index (χ1n) is 8.39. The van der Waals surface area contributed by atoms with E-state index >= 15 is 0 Å². The number of anilines is 1. The minimum absolute atomic E-state index is 0.156. The fourth-order valence-corrected chi connectivity index (χ4v) is 3.15. The molecule has 0 saturated carbocycles. The lowest BCUT2D eigenvalue weighted by atomic mass is 9.86. The van der Waals surface area contributed by atoms with E-state index in [0.29, 0.717) is 0 Å². The van der Waals surface area contributed by atoms with E-state index in [1.807, 2.05) is 0 Å². The average Bonchev–Trinajstić information content (AvgIpc) is 3.04. The number of hydrogen-bond donors (Lipinski definition) is 2. The number of halogens is 7. The quantitative estimate of drug-likeness (QED) is 0.524. The molecular weight excluding hydrogens is 458 g/mol. The molecule has 0 radical (unpaired) electrons. The Balaban J connectivity index is 1.92. The maximum Gasteiger partial charge on any atom is 0.425 e. The van der Waals surface area contributed by atoms with Crippen molar-refractivity contribution in [3.63, 3.8) is 0 Å². The molecule has 8 nitrogen and oxygen atoms in total. The lowest BCUT2D eigenvalue weighted by molar-refractivity contribution is -0.208. The van der Waals surface area contributed by atoms with Crippen molar-refractivity contribution >= 4 is 29.2 Å². The van der Waals surface area contributed by atoms with Gasteiger partial charge in [0, 0.05) is 12.0 Å². The lowest BCUT2D eigenvalue weighted by Crippen LogP contribution is -2.46. The van der Waals surface area contributed by atoms with Crippen LogP contribution in [0.5, 0.6) is 0 Å². The number of alkyl halides is 5. The summed E-state index contributed by atoms with van der Waals surface area (Å²) < 4.78 is 83.8. The van der Waals surface area contributed by atoms with Gasteiger partial charge in [-0.3, -0.25) is 4.79 Å². The maximum atomic E-state index is 14.4. The molecule has 0 spiro atoms. The number of carbonyl (C=O) groups excluding carboxylic acids is 1. The van der Waals surface area contributed by atoms with Gasteiger partial charge in [0.15, 0.2) is 11.8 Å². The molecule has 0 bridgehead atoms. The number of ether oxygens (including phenoxy) is 1. The van der Waals surface area contributed by atoms with Gasteiger partial charge in [0.05, 0.1) is 28.6 Å². The molecule has 1 amide bonds. The normalized spacial score (nSPS) is 21.6. The molecule has 0 aromatic carbocycles. The van der Waals surface area contributed by atoms with Gasteiger partial charge < -0.3 is 15.8 Å². The van der Waals surface area contributed by atoms with Gasteiger partial charge in [-0.25, -0.2) is 14.7 Å². The fraction of sp³-hybridized carbons (Fsp3) is 0.375. The van der Waals surface area contributed by atoms with Crippen LogP contribution in [0.2, 0.25) is 5.02 Å². The highest BCUT2D eigenvalue weighted by Crippen LogP contribution is 2.41. The number of amidine groups is 1. The Morgan fingerprint density at radius 1 is 1.45 bits per heavy atom. The van der Waals surface area contributed by atoms with Gasteiger partial charge in [-0.2, -0.15) is 31.4 Å². The van der Waals surface area contributed by atoms with Gasteiger partial charge >= 0.3 is 12.7 Å². The molecule has 1 aliphatic rings. The van der Waals surface area contributed by atoms with Crippen LogP contribution in [-0.2, 0) is 10.3 Å². The third kappa shape index (κ3) is 4.68. The molecule has 15 heteroatoms. The van der Waals surface area contributed by atoms with Gasteiger partial charge in [0.25, 0.3) is 11.9 Å². The summed E-state index contributed by atoms with van der Waals surface area (Å²) in [4.78, 5) is 19.5. The molecular formula is C16H13ClF6N6O2. The number of hydrogen-bond acceptors (Lipinski definition) is 6. The SMILES string of the molecule is C[C@@]1(c2cc(NC(=O)c3nn(C(F)F)cc3Cl)cnc2F)C[C@@H](C(F)(F)F)OC(N)=N1. The summed E-state index contributed by atoms with van der Waals surface area (Å²) in [5.74, 6) is -2.18. The zero-order valence-corrected chi connectivity index (χ0v) is 16.2. The average molecular weight is 471 g/mol. The number of aliphatic imine (C=N–C) groups is 1. The van der Waals surface area contributed by atoms with Crippen molar-refractivity contribution in [2.24, 2.45) is 10.7 Å². The van der Waals surface area contributed by atoms with Crippen molar-refractivity contribution in [3.8, 4) is 0 Å². The first-order chi connectivity index (χ1) is 14.3. The number of nitrogens with two attached hydrogens (primary N) is 1. The standard InChI is InChI=1S/C16H13ClF6N6O2/c1-15(3-9(16(21,22)23)31-14(24)27-15)7-2-6(4-25-11(7)18)26-12(30)10-8(17)5-29(28-10)13(19)20/h2,4-5,9,13H,3H2,1H3,(H2,24,27)(H,26,30)/t9-,15-/m0/s1. The zero-order chi connectivity index (χ0) is 23.1. The van der Waals surface area contributed by atoms with Gasteiger partial charge in [-0.05, 0) is 13.0 Å². The first kappa shape index (κ1) is 22.7. The van der Waals surface area contributed by atoms with E-state index in [1.165, 1.54) is 6.92 Å². The van der Waals surface area contributed by atoms with E-state index in [4.69, 9.17) is 17.3 Å². The number of aromatic nitrogens is 3. The van der Waals surface area contributed by atoms with Crippen LogP contribution in [0.25, 0.3) is 0 Å². The second-order valence-corrected chi connectivity index (χ2v) is 7.08. The second-order valence-electron chi connectivity index (χ2n) is 6.68. The highest BCUT2D eigenvalue weighted by molar-refractivity contribution is 6.34. The maximum absolute atomic E-state index is 14.4. The second kappa shape index (κ2) is 7.90. The monoisotopic (exact) mass is 470 g/mol. The first-order valence-corrected chi connectivity index (χ1v) is 8.77. The van der Waals surface area contributed by atoms with E-state index in [0.717, 1.165) is 18.5 Å². The van der Waals surface area contributed by atoms with Crippen LogP contribution in [0.3, 0.4) is 0 Å². The van der Waals surface area contributed by atoms with Gasteiger partial charge in [-0.1, -0.05) is 11.6 Å². The molecule has 1 aliphatic heterocycles. The highest BCUT2D eigenvalue weighted by Gasteiger charge is 2.50. The van der Waals surface area contributed by atoms with Crippen LogP contribution in [0, 0.1) is 5.95 Å². The molecule has 0 fully saturated rings. The molecule has 168 valence electrons. The number of amides is 1. The molecule has 0 unspecified atom stereocenters. The van der Waals surface area contributed by atoms with Crippen molar-refractivity contribution in [3.05, 3.63) is 40.7 Å². The van der Waals surface area contributed by atoms with E-state index in [-0.39, 0.29) is 15.4 Å². The summed E-state index contributed by atoms with van der Waals surface area (Å²) in [6.07, 6.45) is -6.35. The predicted octanol–water partition coefficient (Wildman–Crippen LogP) is 3.60. The smallest absolute Gasteiger partial charge is 0.425 e. The number of nitrogens with zero attached hydrogens (tertiary/aromatic N) is 4. The van der Waals surface area contributed by atoms with E-state index in [1.54, 1.807) is 0 Å². The van der Waals surface area contributed by atoms with E-state index in [2.05, 4.69) is 25.1 Å². The third-order valence-corrected chi connectivity index (χ3v) is 4.62. The molecule has 3 rings (SSSR count). The molecule has 2 atom stereocenters. The molecule has 31 heavy (non-hydrogen) atoms. The van der Waals surface area contributed by atoms with Crippen molar-refractivity contribution < 1.29 is 35.9 Å². The Morgan fingerprint density at radius 2 is 2.13 bits per heavy atom. The topological polar surface area (TPSA) is 107 Å². The number of nitrogens with one attached hydrogen (secondary N) is 1. The summed E-state index contributed by atoms with van der Waals surface area (Å²) in [7, 11) is 0. The van der Waals surface area contributed by atoms with Crippen LogP contribution in [0.4, 0.5) is 32.0 Å². The van der Waals surface area contributed by atoms with Crippen LogP contribution in [0.15, 0.2) is 23.5 Å². The van der Waals surface area contributed by atoms with Gasteiger partial charge in [0.1, 0.15) is 0 Å². The van der Waals surface area contributed by atoms with Crippen molar-refractivity contribution in [2.45, 2.75) is 37.7 Å². The minimum Gasteiger partial charge on any atom is -0.452 e. The van der Waals surface area contributed by atoms with E-state index < -0.39 is 59.9 Å². The van der Waals surface area contributed by atoms with Crippen molar-refractivity contribution in [2.75, 3.05) is 5.32 Å². The summed E-state index contributed by atoms with van der Waals surface area (Å²) in [5.41, 5.74) is 2.40. The predicted molar refractivity (Wildman–Crippen MR) is 95.2 cm³/mol. The minimum atomic E-state index is -4.79. The lowest BCUT2D eigenvalue weighted by Gasteiger charge is -2.35. The van der Waals surface area contributed by atoms with Gasteiger partial charge in [0.2, 0.25) is 5.95 Å². The molecule has 3 heterocycles. The number of rotatable bonds is 4. The zero-order valence-electron chi connectivity index (χ0n) is 15.4. The summed E-state index contributed by atoms with van der Waals surface area (Å²) in [6.45, 7) is -1.86. The summed E-state index contributed by atoms with van der Waals surface area (Å²) in [6, 6.07) is 0.197. The largest absolute Gasteiger partial charge is 0.452 e. The summed E-state index contributed by atoms with van der Waals surface area (Å²) in [5, 5.41) is 5.19. The third-order valence-electron chi connectivity index (χ3n) is 4.35. The molecule has 0 saturated heterocycles. The molecule has 2 aromatic heterocycles. The fourth-order valence-electron chi connectivity index (χ4n) is 2.92. The Hall–Kier alpha value is -3.03. The molecule has 2 aromatic rings. The Morgan fingerprint density at radius 3 is 2.71 bits per heavy atom. The van der Waals surface area contributed by atoms with E-state index in [9.17, 15) is 31.1 Å². The van der Waals surface area contributed by atoms with Crippen molar-refractivity contribution in [1.29, 1.82) is 0 Å². The Bertz CT molecular complexity index is 1040. The summed E-state index contributed by atoms with van der Waals surface area (Å²) >= 11 is 5.72. The molecule has 3 N–H and O–H groups in total. The van der Waals surface area contributed by atoms with Gasteiger partial charge in [-0.15, -0.1) is 0 Å². The van der Waals surface area contributed by atoms with Crippen molar-refractivity contribution in [1.82, 2.24) is 14.8 Å². The van der Waals surface area contributed by atoms with Crippen LogP contribution in [-0.4, -0.2) is 39.0 Å². The van der Waals surface area contributed by atoms with Crippen LogP contribution in [0.1, 0.15) is 35.9 Å². The Kier molecular flexibility index (Phi) is 5.78. The van der Waals surface area contributed by atoms with Crippen LogP contribution < -0.4 is 11.1 Å². The highest BCUT2D eigenvalue weighted by atomic mass is 35.5. The number of pyridine rings is 1. The Labute approximate surface area is 175 Å². The number of carbonyl (C=O) groups is 1.